The maximum Gasteiger partial charge on any atom is 0.119 e. The zero-order chi connectivity index (χ0) is 13.1. The van der Waals surface area contributed by atoms with Gasteiger partial charge in [0, 0.05) is 0 Å². The van der Waals surface area contributed by atoms with Gasteiger partial charge in [0.2, 0.25) is 0 Å². The summed E-state index contributed by atoms with van der Waals surface area (Å²) < 4.78 is 5.58. The molecular weight excluding hydrogens is 212 g/mol. The largest absolute Gasteiger partial charge is 0.491 e. The molecule has 1 N–H and O–H groups in total. The van der Waals surface area contributed by atoms with Crippen LogP contribution in [-0.2, 0) is 0 Å². The third kappa shape index (κ3) is 3.74. The first kappa shape index (κ1) is 14.0. The minimum Gasteiger partial charge on any atom is -0.491 e. The summed E-state index contributed by atoms with van der Waals surface area (Å²) in [6.45, 7) is 10.3. The van der Waals surface area contributed by atoms with Gasteiger partial charge in [-0.25, -0.2) is 0 Å². The highest BCUT2D eigenvalue weighted by Crippen LogP contribution is 2.36. The van der Waals surface area contributed by atoms with E-state index in [1.807, 2.05) is 38.1 Å². The lowest BCUT2D eigenvalue weighted by Gasteiger charge is -2.29. The molecule has 2 nitrogen and oxygen atoms in total. The highest BCUT2D eigenvalue weighted by atomic mass is 16.5. The van der Waals surface area contributed by atoms with E-state index in [2.05, 4.69) is 20.8 Å². The Morgan fingerprint density at radius 3 is 2.12 bits per heavy atom. The molecule has 0 bridgehead atoms. The Hall–Kier alpha value is -1.02. The monoisotopic (exact) mass is 236 g/mol. The summed E-state index contributed by atoms with van der Waals surface area (Å²) in [7, 11) is 0. The molecule has 0 aromatic heterocycles. The van der Waals surface area contributed by atoms with Crippen LogP contribution in [0.15, 0.2) is 24.3 Å². The number of aliphatic hydroxyl groups is 1. The zero-order valence-corrected chi connectivity index (χ0v) is 11.5. The molecule has 0 fully saturated rings. The molecule has 2 heteroatoms. The number of rotatable bonds is 5. The topological polar surface area (TPSA) is 29.5 Å². The van der Waals surface area contributed by atoms with Gasteiger partial charge >= 0.3 is 0 Å². The van der Waals surface area contributed by atoms with Gasteiger partial charge in [-0.05, 0) is 43.4 Å². The maximum absolute atomic E-state index is 10.3. The van der Waals surface area contributed by atoms with Gasteiger partial charge in [-0.3, -0.25) is 0 Å². The van der Waals surface area contributed by atoms with E-state index < -0.39 is 6.10 Å². The summed E-state index contributed by atoms with van der Waals surface area (Å²) in [6.07, 6.45) is 0.691. The van der Waals surface area contributed by atoms with Crippen molar-refractivity contribution in [3.8, 4) is 5.75 Å². The van der Waals surface area contributed by atoms with Crippen molar-refractivity contribution in [3.05, 3.63) is 29.8 Å². The molecule has 1 atom stereocenters. The normalized spacial score (nSPS) is 13.8. The molecule has 1 aromatic carbocycles. The molecule has 0 aliphatic heterocycles. The van der Waals surface area contributed by atoms with Crippen LogP contribution in [0.2, 0.25) is 0 Å². The molecule has 0 aliphatic carbocycles. The molecule has 0 saturated heterocycles. The Kier molecular flexibility index (Phi) is 4.58. The van der Waals surface area contributed by atoms with Gasteiger partial charge in [-0.2, -0.15) is 0 Å². The van der Waals surface area contributed by atoms with Gasteiger partial charge in [-0.15, -0.1) is 0 Å². The van der Waals surface area contributed by atoms with Crippen LogP contribution in [0, 0.1) is 5.41 Å². The lowest BCUT2D eigenvalue weighted by Crippen LogP contribution is -2.20. The minimum atomic E-state index is -0.430. The summed E-state index contributed by atoms with van der Waals surface area (Å²) in [5, 5.41) is 10.3. The highest BCUT2D eigenvalue weighted by molar-refractivity contribution is 5.29. The van der Waals surface area contributed by atoms with Crippen molar-refractivity contribution in [1.29, 1.82) is 0 Å². The third-order valence-corrected chi connectivity index (χ3v) is 3.22. The smallest absolute Gasteiger partial charge is 0.119 e. The van der Waals surface area contributed by atoms with Gasteiger partial charge in [-0.1, -0.05) is 32.9 Å². The van der Waals surface area contributed by atoms with E-state index in [1.165, 1.54) is 0 Å². The number of aliphatic hydroxyl groups excluding tert-OH is 1. The maximum atomic E-state index is 10.3. The Bertz CT molecular complexity index is 338. The molecule has 0 heterocycles. The molecule has 1 aromatic rings. The molecule has 17 heavy (non-hydrogen) atoms. The Labute approximate surface area is 105 Å². The predicted molar refractivity (Wildman–Crippen MR) is 71.2 cm³/mol. The van der Waals surface area contributed by atoms with Gasteiger partial charge in [0.25, 0.3) is 0 Å². The van der Waals surface area contributed by atoms with Crippen molar-refractivity contribution < 1.29 is 9.84 Å². The quantitative estimate of drug-likeness (QED) is 0.839. The van der Waals surface area contributed by atoms with E-state index in [4.69, 9.17) is 4.74 Å². The van der Waals surface area contributed by atoms with Crippen molar-refractivity contribution in [2.24, 2.45) is 5.41 Å². The molecule has 1 rings (SSSR count). The number of benzene rings is 1. The lowest BCUT2D eigenvalue weighted by atomic mass is 9.80. The zero-order valence-electron chi connectivity index (χ0n) is 11.5. The lowest BCUT2D eigenvalue weighted by molar-refractivity contribution is 0.0465. The Morgan fingerprint density at radius 1 is 1.18 bits per heavy atom. The number of hydrogen-bond donors (Lipinski definition) is 1. The van der Waals surface area contributed by atoms with Crippen molar-refractivity contribution in [2.75, 3.05) is 0 Å². The van der Waals surface area contributed by atoms with E-state index in [-0.39, 0.29) is 11.5 Å². The van der Waals surface area contributed by atoms with Gasteiger partial charge in [0.05, 0.1) is 12.2 Å². The number of ether oxygens (including phenoxy) is 1. The molecule has 0 saturated carbocycles. The van der Waals surface area contributed by atoms with Crippen LogP contribution >= 0.6 is 0 Å². The fourth-order valence-electron chi connectivity index (χ4n) is 1.65. The first-order valence-electron chi connectivity index (χ1n) is 6.31. The van der Waals surface area contributed by atoms with E-state index in [9.17, 15) is 5.11 Å². The standard InChI is InChI=1S/C15H24O2/c1-6-15(4,5)14(16)12-7-9-13(10-8-12)17-11(2)3/h7-11,14,16H,6H2,1-5H3. The first-order chi connectivity index (χ1) is 7.86. The predicted octanol–water partition coefficient (Wildman–Crippen LogP) is 3.94. The van der Waals surface area contributed by atoms with Crippen LogP contribution in [-0.4, -0.2) is 11.2 Å². The van der Waals surface area contributed by atoms with Crippen LogP contribution in [0.5, 0.6) is 5.75 Å². The fraction of sp³-hybridized carbons (Fsp3) is 0.600. The molecular formula is C15H24O2. The molecule has 0 aliphatic rings. The minimum absolute atomic E-state index is 0.0968. The van der Waals surface area contributed by atoms with Crippen LogP contribution in [0.1, 0.15) is 52.7 Å². The summed E-state index contributed by atoms with van der Waals surface area (Å²) in [5.41, 5.74) is 0.855. The van der Waals surface area contributed by atoms with E-state index >= 15 is 0 Å². The Balaban J connectivity index is 2.80. The van der Waals surface area contributed by atoms with Crippen LogP contribution in [0.3, 0.4) is 0 Å². The van der Waals surface area contributed by atoms with E-state index in [0.29, 0.717) is 0 Å². The number of hydrogen-bond acceptors (Lipinski definition) is 2. The average Bonchev–Trinajstić information content (AvgIpc) is 2.28. The van der Waals surface area contributed by atoms with Crippen molar-refractivity contribution in [2.45, 2.75) is 53.2 Å². The molecule has 0 radical (unpaired) electrons. The highest BCUT2D eigenvalue weighted by Gasteiger charge is 2.26. The second kappa shape index (κ2) is 5.54. The fourth-order valence-corrected chi connectivity index (χ4v) is 1.65. The van der Waals surface area contributed by atoms with Crippen LogP contribution in [0.25, 0.3) is 0 Å². The van der Waals surface area contributed by atoms with Gasteiger partial charge in [0.1, 0.15) is 5.75 Å². The first-order valence-corrected chi connectivity index (χ1v) is 6.31. The van der Waals surface area contributed by atoms with Crippen molar-refractivity contribution in [3.63, 3.8) is 0 Å². The summed E-state index contributed by atoms with van der Waals surface area (Å²) >= 11 is 0. The Morgan fingerprint density at radius 2 is 1.71 bits per heavy atom. The SMILES string of the molecule is CCC(C)(C)C(O)c1ccc(OC(C)C)cc1. The molecule has 1 unspecified atom stereocenters. The van der Waals surface area contributed by atoms with Crippen LogP contribution in [0.4, 0.5) is 0 Å². The van der Waals surface area contributed by atoms with Crippen molar-refractivity contribution >= 4 is 0 Å². The van der Waals surface area contributed by atoms with Gasteiger partial charge < -0.3 is 9.84 Å². The van der Waals surface area contributed by atoms with Gasteiger partial charge in [0.15, 0.2) is 0 Å². The average molecular weight is 236 g/mol. The summed E-state index contributed by atoms with van der Waals surface area (Å²) in [5.74, 6) is 0.852. The molecule has 0 amide bonds. The van der Waals surface area contributed by atoms with Crippen LogP contribution < -0.4 is 4.74 Å². The molecule has 96 valence electrons. The second-order valence-corrected chi connectivity index (χ2v) is 5.48. The summed E-state index contributed by atoms with van der Waals surface area (Å²) in [6, 6.07) is 7.73. The molecule has 0 spiro atoms. The van der Waals surface area contributed by atoms with E-state index in [0.717, 1.165) is 17.7 Å². The van der Waals surface area contributed by atoms with Crippen molar-refractivity contribution in [1.82, 2.24) is 0 Å². The summed E-state index contributed by atoms with van der Waals surface area (Å²) in [4.78, 5) is 0. The second-order valence-electron chi connectivity index (χ2n) is 5.48. The third-order valence-electron chi connectivity index (χ3n) is 3.22. The van der Waals surface area contributed by atoms with E-state index in [1.54, 1.807) is 0 Å².